The van der Waals surface area contributed by atoms with Crippen LogP contribution in [0.5, 0.6) is 0 Å². The Morgan fingerprint density at radius 2 is 2.38 bits per heavy atom. The van der Waals surface area contributed by atoms with Crippen molar-refractivity contribution in [3.05, 3.63) is 12.2 Å². The van der Waals surface area contributed by atoms with Crippen molar-refractivity contribution in [2.24, 2.45) is 5.92 Å². The third-order valence-electron chi connectivity index (χ3n) is 3.37. The summed E-state index contributed by atoms with van der Waals surface area (Å²) in [5.41, 5.74) is 0. The Morgan fingerprint density at radius 3 is 3.06 bits per heavy atom. The van der Waals surface area contributed by atoms with Gasteiger partial charge in [0.2, 0.25) is 0 Å². The van der Waals surface area contributed by atoms with Crippen LogP contribution in [-0.2, 0) is 13.1 Å². The highest BCUT2D eigenvalue weighted by Gasteiger charge is 2.16. The van der Waals surface area contributed by atoms with E-state index in [4.69, 9.17) is 0 Å². The van der Waals surface area contributed by atoms with Gasteiger partial charge in [-0.2, -0.15) is 5.10 Å². The van der Waals surface area contributed by atoms with E-state index >= 15 is 0 Å². The van der Waals surface area contributed by atoms with E-state index in [1.165, 1.54) is 25.7 Å². The molecule has 1 N–H and O–H groups in total. The SMILES string of the molecule is CCCn1ncnc1CNCCC1CCC1. The second kappa shape index (κ2) is 5.99. The Labute approximate surface area is 97.5 Å². The van der Waals surface area contributed by atoms with Crippen LogP contribution in [0.3, 0.4) is 0 Å². The van der Waals surface area contributed by atoms with Crippen LogP contribution in [0, 0.1) is 5.92 Å². The standard InChI is InChI=1S/C12H22N4/c1-2-8-16-12(14-10-15-16)9-13-7-6-11-4-3-5-11/h10-11,13H,2-9H2,1H3. The van der Waals surface area contributed by atoms with E-state index in [2.05, 4.69) is 22.3 Å². The maximum atomic E-state index is 4.27. The van der Waals surface area contributed by atoms with E-state index < -0.39 is 0 Å². The van der Waals surface area contributed by atoms with Crippen molar-refractivity contribution in [1.29, 1.82) is 0 Å². The molecule has 0 saturated heterocycles. The van der Waals surface area contributed by atoms with Gasteiger partial charge in [0.25, 0.3) is 0 Å². The van der Waals surface area contributed by atoms with Gasteiger partial charge in [-0.05, 0) is 25.3 Å². The summed E-state index contributed by atoms with van der Waals surface area (Å²) in [6.07, 6.45) is 8.40. The molecule has 1 saturated carbocycles. The number of aryl methyl sites for hydroxylation is 1. The van der Waals surface area contributed by atoms with Crippen molar-refractivity contribution in [2.45, 2.75) is 52.1 Å². The van der Waals surface area contributed by atoms with Gasteiger partial charge in [-0.1, -0.05) is 26.2 Å². The number of hydrogen-bond acceptors (Lipinski definition) is 3. The van der Waals surface area contributed by atoms with Crippen LogP contribution >= 0.6 is 0 Å². The molecule has 4 heteroatoms. The van der Waals surface area contributed by atoms with Crippen molar-refractivity contribution < 1.29 is 0 Å². The van der Waals surface area contributed by atoms with Crippen molar-refractivity contribution in [2.75, 3.05) is 6.54 Å². The zero-order chi connectivity index (χ0) is 11.2. The van der Waals surface area contributed by atoms with Crippen molar-refractivity contribution in [3.63, 3.8) is 0 Å². The van der Waals surface area contributed by atoms with Crippen LogP contribution in [0.1, 0.15) is 44.9 Å². The van der Waals surface area contributed by atoms with E-state index in [-0.39, 0.29) is 0 Å². The first-order chi connectivity index (χ1) is 7.90. The summed E-state index contributed by atoms with van der Waals surface area (Å²) < 4.78 is 2.00. The monoisotopic (exact) mass is 222 g/mol. The van der Waals surface area contributed by atoms with Gasteiger partial charge in [-0.25, -0.2) is 9.67 Å². The molecule has 0 bridgehead atoms. The number of hydrogen-bond donors (Lipinski definition) is 1. The van der Waals surface area contributed by atoms with Gasteiger partial charge in [0, 0.05) is 6.54 Å². The van der Waals surface area contributed by atoms with Gasteiger partial charge >= 0.3 is 0 Å². The van der Waals surface area contributed by atoms with Crippen LogP contribution in [0.25, 0.3) is 0 Å². The predicted octanol–water partition coefficient (Wildman–Crippen LogP) is 1.97. The second-order valence-corrected chi connectivity index (χ2v) is 4.66. The fraction of sp³-hybridized carbons (Fsp3) is 0.833. The molecule has 1 aromatic heterocycles. The van der Waals surface area contributed by atoms with Gasteiger partial charge in [-0.3, -0.25) is 0 Å². The molecule has 1 heterocycles. The first-order valence-electron chi connectivity index (χ1n) is 6.47. The average molecular weight is 222 g/mol. The highest BCUT2D eigenvalue weighted by Crippen LogP contribution is 2.28. The van der Waals surface area contributed by atoms with Crippen molar-refractivity contribution in [1.82, 2.24) is 20.1 Å². The van der Waals surface area contributed by atoms with Crippen LogP contribution < -0.4 is 5.32 Å². The molecule has 1 fully saturated rings. The van der Waals surface area contributed by atoms with Gasteiger partial charge in [0.05, 0.1) is 6.54 Å². The summed E-state index contributed by atoms with van der Waals surface area (Å²) in [6, 6.07) is 0. The van der Waals surface area contributed by atoms with Gasteiger partial charge < -0.3 is 5.32 Å². The lowest BCUT2D eigenvalue weighted by atomic mass is 9.83. The highest BCUT2D eigenvalue weighted by molar-refractivity contribution is 4.83. The molecule has 90 valence electrons. The quantitative estimate of drug-likeness (QED) is 0.717. The lowest BCUT2D eigenvalue weighted by molar-refractivity contribution is 0.291. The molecule has 0 radical (unpaired) electrons. The Kier molecular flexibility index (Phi) is 4.34. The minimum atomic E-state index is 0.854. The first-order valence-corrected chi connectivity index (χ1v) is 6.47. The summed E-state index contributed by atoms with van der Waals surface area (Å²) in [6.45, 7) is 5.10. The molecule has 2 rings (SSSR count). The molecule has 0 aromatic carbocycles. The third kappa shape index (κ3) is 3.04. The van der Waals surface area contributed by atoms with E-state index in [0.717, 1.165) is 37.8 Å². The highest BCUT2D eigenvalue weighted by atomic mass is 15.3. The van der Waals surface area contributed by atoms with Crippen LogP contribution in [0.15, 0.2) is 6.33 Å². The molecule has 1 aliphatic carbocycles. The van der Waals surface area contributed by atoms with E-state index in [0.29, 0.717) is 0 Å². The number of nitrogens with zero attached hydrogens (tertiary/aromatic N) is 3. The molecule has 16 heavy (non-hydrogen) atoms. The lowest BCUT2D eigenvalue weighted by Gasteiger charge is -2.25. The summed E-state index contributed by atoms with van der Waals surface area (Å²) in [7, 11) is 0. The molecular formula is C12H22N4. The van der Waals surface area contributed by atoms with Crippen molar-refractivity contribution >= 4 is 0 Å². The second-order valence-electron chi connectivity index (χ2n) is 4.66. The number of aromatic nitrogens is 3. The predicted molar refractivity (Wildman–Crippen MR) is 64.0 cm³/mol. The van der Waals surface area contributed by atoms with Crippen LogP contribution in [0.4, 0.5) is 0 Å². The zero-order valence-corrected chi connectivity index (χ0v) is 10.2. The Morgan fingerprint density at radius 1 is 1.50 bits per heavy atom. The van der Waals surface area contributed by atoms with E-state index in [1.54, 1.807) is 6.33 Å². The molecule has 0 spiro atoms. The molecule has 0 aliphatic heterocycles. The Balaban J connectivity index is 1.65. The van der Waals surface area contributed by atoms with E-state index in [1.807, 2.05) is 4.68 Å². The van der Waals surface area contributed by atoms with Gasteiger partial charge in [-0.15, -0.1) is 0 Å². The average Bonchev–Trinajstić information content (AvgIpc) is 2.63. The molecule has 0 atom stereocenters. The van der Waals surface area contributed by atoms with Crippen LogP contribution in [-0.4, -0.2) is 21.3 Å². The van der Waals surface area contributed by atoms with E-state index in [9.17, 15) is 0 Å². The maximum absolute atomic E-state index is 4.27. The van der Waals surface area contributed by atoms with Gasteiger partial charge in [0.1, 0.15) is 12.2 Å². The molecule has 0 unspecified atom stereocenters. The Hall–Kier alpha value is -0.900. The minimum Gasteiger partial charge on any atom is -0.310 e. The lowest BCUT2D eigenvalue weighted by Crippen LogP contribution is -2.22. The van der Waals surface area contributed by atoms with Crippen LogP contribution in [0.2, 0.25) is 0 Å². The number of rotatable bonds is 7. The van der Waals surface area contributed by atoms with Gasteiger partial charge in [0.15, 0.2) is 0 Å². The Bertz CT molecular complexity index is 304. The van der Waals surface area contributed by atoms with Crippen molar-refractivity contribution in [3.8, 4) is 0 Å². The molecule has 0 amide bonds. The minimum absolute atomic E-state index is 0.854. The molecule has 4 nitrogen and oxygen atoms in total. The molecular weight excluding hydrogens is 200 g/mol. The number of nitrogens with one attached hydrogen (secondary N) is 1. The topological polar surface area (TPSA) is 42.7 Å². The fourth-order valence-corrected chi connectivity index (χ4v) is 2.11. The molecule has 1 aromatic rings. The summed E-state index contributed by atoms with van der Waals surface area (Å²) in [5.74, 6) is 2.05. The summed E-state index contributed by atoms with van der Waals surface area (Å²) >= 11 is 0. The summed E-state index contributed by atoms with van der Waals surface area (Å²) in [5, 5.41) is 7.68. The molecule has 1 aliphatic rings. The third-order valence-corrected chi connectivity index (χ3v) is 3.37. The summed E-state index contributed by atoms with van der Waals surface area (Å²) in [4.78, 5) is 4.27. The fourth-order valence-electron chi connectivity index (χ4n) is 2.11. The smallest absolute Gasteiger partial charge is 0.140 e. The normalized spacial score (nSPS) is 16.3. The largest absolute Gasteiger partial charge is 0.310 e. The first kappa shape index (κ1) is 11.6. The zero-order valence-electron chi connectivity index (χ0n) is 10.2. The maximum Gasteiger partial charge on any atom is 0.140 e.